The summed E-state index contributed by atoms with van der Waals surface area (Å²) >= 11 is 6.11. The van der Waals surface area contributed by atoms with Crippen LogP contribution in [-0.2, 0) is 32.1 Å². The summed E-state index contributed by atoms with van der Waals surface area (Å²) in [4.78, 5) is 45.8. The second kappa shape index (κ2) is 16.7. The van der Waals surface area contributed by atoms with Gasteiger partial charge in [0.25, 0.3) is 5.56 Å². The van der Waals surface area contributed by atoms with Crippen molar-refractivity contribution < 1.29 is 34.2 Å². The zero-order valence-corrected chi connectivity index (χ0v) is 27.3. The number of carbonyl (C=O) groups is 3. The highest BCUT2D eigenvalue weighted by Crippen LogP contribution is 2.22. The number of fused-ring (bicyclic) bond motifs is 1. The fraction of sp³-hybridized carbons (Fsp3) is 0.343. The second-order valence-electron chi connectivity index (χ2n) is 12.1. The minimum absolute atomic E-state index is 0.134. The number of nitrogens with zero attached hydrogens (tertiary/aromatic N) is 2. The van der Waals surface area contributed by atoms with E-state index < -0.39 is 17.5 Å². The highest BCUT2D eigenvalue weighted by atomic mass is 35.5. The third-order valence-electron chi connectivity index (χ3n) is 7.06. The van der Waals surface area contributed by atoms with Crippen molar-refractivity contribution in [3.8, 4) is 0 Å². The fourth-order valence-electron chi connectivity index (χ4n) is 4.96. The Hall–Kier alpha value is -4.54. The molecule has 3 aromatic carbocycles. The van der Waals surface area contributed by atoms with Crippen LogP contribution >= 0.6 is 11.6 Å². The minimum atomic E-state index is -2.07. The maximum absolute atomic E-state index is 13.8. The number of rotatable bonds is 11. The number of aliphatic carboxylic acids is 2. The molecule has 0 fully saturated rings. The molecule has 11 heteroatoms. The lowest BCUT2D eigenvalue weighted by molar-refractivity contribution is -0.894. The van der Waals surface area contributed by atoms with E-state index in [4.69, 9.17) is 41.2 Å². The van der Waals surface area contributed by atoms with Crippen LogP contribution in [0.2, 0.25) is 5.02 Å². The lowest BCUT2D eigenvalue weighted by Crippen LogP contribution is -3.07. The second-order valence-corrected chi connectivity index (χ2v) is 12.5. The molecule has 4 aromatic rings. The lowest BCUT2D eigenvalue weighted by Gasteiger charge is -2.24. The number of carboxylic acid groups (broad SMARTS) is 2. The number of esters is 1. The summed E-state index contributed by atoms with van der Waals surface area (Å²) in [5.74, 6) is -4.28. The molecule has 0 amide bonds. The van der Waals surface area contributed by atoms with E-state index in [0.29, 0.717) is 29.7 Å². The summed E-state index contributed by atoms with van der Waals surface area (Å²) in [5, 5.41) is 23.4. The first-order valence-electron chi connectivity index (χ1n) is 15.0. The molecule has 0 radical (unpaired) electrons. The van der Waals surface area contributed by atoms with Crippen LogP contribution in [0.5, 0.6) is 0 Å². The molecule has 0 saturated heterocycles. The number of halogens is 1. The van der Waals surface area contributed by atoms with E-state index in [9.17, 15) is 9.59 Å². The zero-order valence-electron chi connectivity index (χ0n) is 26.5. The molecule has 0 aliphatic rings. The van der Waals surface area contributed by atoms with Gasteiger partial charge >= 0.3 is 11.9 Å². The van der Waals surface area contributed by atoms with Crippen molar-refractivity contribution in [2.75, 3.05) is 13.6 Å². The topological polar surface area (TPSA) is 143 Å². The lowest BCUT2D eigenvalue weighted by atomic mass is 10.0. The van der Waals surface area contributed by atoms with Crippen LogP contribution in [-0.4, -0.2) is 52.0 Å². The van der Waals surface area contributed by atoms with Crippen LogP contribution in [0.1, 0.15) is 62.9 Å². The third-order valence-corrected chi connectivity index (χ3v) is 7.32. The van der Waals surface area contributed by atoms with Crippen molar-refractivity contribution in [2.24, 2.45) is 0 Å². The van der Waals surface area contributed by atoms with Crippen molar-refractivity contribution >= 4 is 40.3 Å². The number of aromatic nitrogens is 2. The highest BCUT2D eigenvalue weighted by Gasteiger charge is 2.23. The minimum Gasteiger partial charge on any atom is -0.539 e. The SMILES string of the molecule is C[NH+](CCC(CCC(=O)OC(C)(C)C)n1nc(Cc2ccc(Cl)cc2)c2ccccc2c1=O)Cc1ccccc1.O=C([O-])C(=O)O. The van der Waals surface area contributed by atoms with Crippen LogP contribution in [0.25, 0.3) is 10.8 Å². The van der Waals surface area contributed by atoms with Gasteiger partial charge in [0, 0.05) is 35.2 Å². The highest BCUT2D eigenvalue weighted by molar-refractivity contribution is 6.30. The molecule has 2 atom stereocenters. The molecule has 244 valence electrons. The first-order valence-corrected chi connectivity index (χ1v) is 15.4. The number of hydrogen-bond acceptors (Lipinski definition) is 7. The van der Waals surface area contributed by atoms with Gasteiger partial charge in [-0.15, -0.1) is 0 Å². The average molecular weight is 650 g/mol. The Kier molecular flexibility index (Phi) is 13.0. The van der Waals surface area contributed by atoms with E-state index >= 15 is 0 Å². The molecule has 2 unspecified atom stereocenters. The van der Waals surface area contributed by atoms with E-state index in [1.807, 2.05) is 87.5 Å². The number of ether oxygens (including phenoxy) is 1. The Morgan fingerprint density at radius 2 is 1.52 bits per heavy atom. The predicted molar refractivity (Wildman–Crippen MR) is 174 cm³/mol. The smallest absolute Gasteiger partial charge is 0.351 e. The Bertz CT molecular complexity index is 1670. The van der Waals surface area contributed by atoms with E-state index in [1.54, 1.807) is 4.68 Å². The average Bonchev–Trinajstić information content (AvgIpc) is 3.00. The molecule has 4 rings (SSSR count). The molecule has 2 N–H and O–H groups in total. The first-order chi connectivity index (χ1) is 21.7. The number of carboxylic acids is 2. The maximum atomic E-state index is 13.8. The van der Waals surface area contributed by atoms with Crippen LogP contribution in [0, 0.1) is 0 Å². The van der Waals surface area contributed by atoms with E-state index in [2.05, 4.69) is 19.2 Å². The summed E-state index contributed by atoms with van der Waals surface area (Å²) in [7, 11) is 2.15. The monoisotopic (exact) mass is 649 g/mol. The van der Waals surface area contributed by atoms with Gasteiger partial charge in [0.1, 0.15) is 12.1 Å². The van der Waals surface area contributed by atoms with E-state index in [1.165, 1.54) is 10.5 Å². The predicted octanol–water partition coefficient (Wildman–Crippen LogP) is 3.23. The van der Waals surface area contributed by atoms with Crippen molar-refractivity contribution in [2.45, 2.75) is 64.6 Å². The summed E-state index contributed by atoms with van der Waals surface area (Å²) in [6.07, 6.45) is 1.95. The van der Waals surface area contributed by atoms with E-state index in [0.717, 1.165) is 29.7 Å². The van der Waals surface area contributed by atoms with Crippen LogP contribution < -0.4 is 15.6 Å². The maximum Gasteiger partial charge on any atom is 0.351 e. The quantitative estimate of drug-likeness (QED) is 0.186. The van der Waals surface area contributed by atoms with Crippen molar-refractivity contribution in [3.05, 3.63) is 111 Å². The van der Waals surface area contributed by atoms with Crippen molar-refractivity contribution in [1.82, 2.24) is 9.78 Å². The summed E-state index contributed by atoms with van der Waals surface area (Å²) in [6.45, 7) is 7.29. The molecule has 1 aromatic heterocycles. The van der Waals surface area contributed by atoms with Gasteiger partial charge < -0.3 is 24.6 Å². The number of benzene rings is 3. The zero-order chi connectivity index (χ0) is 33.9. The molecular weight excluding hydrogens is 610 g/mol. The fourth-order valence-corrected chi connectivity index (χ4v) is 5.09. The molecule has 0 aliphatic carbocycles. The van der Waals surface area contributed by atoms with Gasteiger partial charge in [-0.1, -0.05) is 72.3 Å². The Balaban J connectivity index is 0.000000875. The standard InChI is InChI=1S/C33H38ClN3O3.C2H2O4/c1-33(2,3)40-31(38)19-18-27(20-21-36(4)23-25-10-6-5-7-11-25)37-32(39)29-13-9-8-12-28(29)30(35-37)22-24-14-16-26(34)17-15-24;3-1(4)2(5)6/h5-17,27H,18-23H2,1-4H3;(H,3,4)(H,5,6). The summed E-state index contributed by atoms with van der Waals surface area (Å²) in [6, 6.07) is 25.4. The van der Waals surface area contributed by atoms with Gasteiger partial charge in [-0.3, -0.25) is 9.59 Å². The molecule has 0 spiro atoms. The van der Waals surface area contributed by atoms with Gasteiger partial charge in [0.05, 0.1) is 30.7 Å². The van der Waals surface area contributed by atoms with Crippen molar-refractivity contribution in [1.29, 1.82) is 0 Å². The molecule has 46 heavy (non-hydrogen) atoms. The summed E-state index contributed by atoms with van der Waals surface area (Å²) in [5.41, 5.74) is 2.45. The third kappa shape index (κ3) is 11.4. The number of carbonyl (C=O) groups excluding carboxylic acids is 2. The van der Waals surface area contributed by atoms with Gasteiger partial charge in [-0.2, -0.15) is 5.10 Å². The molecule has 10 nitrogen and oxygen atoms in total. The molecule has 0 bridgehead atoms. The number of nitrogens with one attached hydrogen (secondary N) is 1. The molecule has 0 aliphatic heterocycles. The normalized spacial score (nSPS) is 12.5. The Morgan fingerprint density at radius 1 is 0.935 bits per heavy atom. The van der Waals surface area contributed by atoms with Crippen LogP contribution in [0.3, 0.4) is 0 Å². The van der Waals surface area contributed by atoms with Crippen LogP contribution in [0.4, 0.5) is 0 Å². The van der Waals surface area contributed by atoms with Gasteiger partial charge in [-0.05, 0) is 51.0 Å². The van der Waals surface area contributed by atoms with E-state index in [-0.39, 0.29) is 24.0 Å². The van der Waals surface area contributed by atoms with Gasteiger partial charge in [-0.25, -0.2) is 9.48 Å². The first kappa shape index (κ1) is 35.9. The Morgan fingerprint density at radius 3 is 2.11 bits per heavy atom. The van der Waals surface area contributed by atoms with Gasteiger partial charge in [0.2, 0.25) is 0 Å². The number of quaternary nitrogens is 1. The molecular formula is C35H40ClN3O7. The summed E-state index contributed by atoms with van der Waals surface area (Å²) < 4.78 is 7.20. The molecule has 0 saturated carbocycles. The van der Waals surface area contributed by atoms with Crippen molar-refractivity contribution in [3.63, 3.8) is 0 Å². The van der Waals surface area contributed by atoms with Gasteiger partial charge in [0.15, 0.2) is 5.97 Å². The van der Waals surface area contributed by atoms with Crippen LogP contribution in [0.15, 0.2) is 83.7 Å². The molecule has 1 heterocycles. The Labute approximate surface area is 273 Å². The largest absolute Gasteiger partial charge is 0.539 e. The number of hydrogen-bond donors (Lipinski definition) is 2.